The zero-order valence-electron chi connectivity index (χ0n) is 9.08. The van der Waals surface area contributed by atoms with Crippen LogP contribution in [-0.4, -0.2) is 24.2 Å². The predicted octanol–water partition coefficient (Wildman–Crippen LogP) is 1.88. The minimum atomic E-state index is 0.0383. The molecule has 0 radical (unpaired) electrons. The molecular formula is C12H16BrNO2. The molecule has 0 saturated carbocycles. The molecule has 2 N–H and O–H groups in total. The van der Waals surface area contributed by atoms with Gasteiger partial charge in [-0.1, -0.05) is 28.1 Å². The number of carbonyl (C=O) groups excluding carboxylic acids is 1. The number of rotatable bonds is 6. The number of aryl methyl sites for hydroxylation is 1. The molecule has 1 aromatic carbocycles. The standard InChI is InChI=1S/C12H16BrNO2/c13-11-5-2-10(3-6-11)4-7-12(16)14-8-1-9-15/h2-3,5-6,15H,1,4,7-9H2,(H,14,16). The van der Waals surface area contributed by atoms with Gasteiger partial charge >= 0.3 is 0 Å². The number of halogens is 1. The highest BCUT2D eigenvalue weighted by Gasteiger charge is 2.01. The van der Waals surface area contributed by atoms with Gasteiger partial charge < -0.3 is 10.4 Å². The highest BCUT2D eigenvalue weighted by molar-refractivity contribution is 9.10. The molecule has 0 atom stereocenters. The van der Waals surface area contributed by atoms with E-state index in [4.69, 9.17) is 5.11 Å². The minimum Gasteiger partial charge on any atom is -0.396 e. The van der Waals surface area contributed by atoms with Gasteiger partial charge in [0, 0.05) is 24.0 Å². The molecule has 1 aromatic rings. The number of aliphatic hydroxyl groups excluding tert-OH is 1. The van der Waals surface area contributed by atoms with E-state index in [1.165, 1.54) is 0 Å². The van der Waals surface area contributed by atoms with Gasteiger partial charge in [-0.25, -0.2) is 0 Å². The molecule has 0 aliphatic carbocycles. The van der Waals surface area contributed by atoms with Crippen molar-refractivity contribution in [2.45, 2.75) is 19.3 Å². The zero-order valence-corrected chi connectivity index (χ0v) is 10.7. The van der Waals surface area contributed by atoms with Gasteiger partial charge in [0.2, 0.25) is 5.91 Å². The van der Waals surface area contributed by atoms with Crippen LogP contribution in [0.2, 0.25) is 0 Å². The average Bonchev–Trinajstić information content (AvgIpc) is 2.29. The van der Waals surface area contributed by atoms with Crippen molar-refractivity contribution in [3.8, 4) is 0 Å². The fraction of sp³-hybridized carbons (Fsp3) is 0.417. The number of hydrogen-bond donors (Lipinski definition) is 2. The summed E-state index contributed by atoms with van der Waals surface area (Å²) in [5.74, 6) is 0.0383. The number of amides is 1. The molecule has 3 nitrogen and oxygen atoms in total. The van der Waals surface area contributed by atoms with E-state index in [9.17, 15) is 4.79 Å². The van der Waals surface area contributed by atoms with Gasteiger partial charge in [0.1, 0.15) is 0 Å². The van der Waals surface area contributed by atoms with E-state index in [0.717, 1.165) is 16.5 Å². The molecule has 0 unspecified atom stereocenters. The summed E-state index contributed by atoms with van der Waals surface area (Å²) in [6.45, 7) is 0.669. The Morgan fingerprint density at radius 3 is 2.62 bits per heavy atom. The normalized spacial score (nSPS) is 10.1. The summed E-state index contributed by atoms with van der Waals surface area (Å²) in [5, 5.41) is 11.3. The third kappa shape index (κ3) is 5.28. The molecular weight excluding hydrogens is 270 g/mol. The molecule has 88 valence electrons. The Hall–Kier alpha value is -0.870. The minimum absolute atomic E-state index is 0.0383. The molecule has 0 aliphatic heterocycles. The van der Waals surface area contributed by atoms with Gasteiger partial charge in [0.15, 0.2) is 0 Å². The molecule has 1 amide bonds. The average molecular weight is 286 g/mol. The van der Waals surface area contributed by atoms with Gasteiger partial charge in [-0.3, -0.25) is 4.79 Å². The predicted molar refractivity (Wildman–Crippen MR) is 67.2 cm³/mol. The summed E-state index contributed by atoms with van der Waals surface area (Å²) in [4.78, 5) is 11.4. The first kappa shape index (κ1) is 13.2. The first-order chi connectivity index (χ1) is 7.72. The van der Waals surface area contributed by atoms with Crippen LogP contribution in [0.5, 0.6) is 0 Å². The molecule has 4 heteroatoms. The number of aliphatic hydroxyl groups is 1. The topological polar surface area (TPSA) is 49.3 Å². The van der Waals surface area contributed by atoms with Crippen LogP contribution in [-0.2, 0) is 11.2 Å². The first-order valence-corrected chi connectivity index (χ1v) is 6.13. The van der Waals surface area contributed by atoms with Crippen molar-refractivity contribution in [3.63, 3.8) is 0 Å². The number of benzene rings is 1. The number of nitrogens with one attached hydrogen (secondary N) is 1. The maximum absolute atomic E-state index is 11.4. The van der Waals surface area contributed by atoms with Crippen molar-refractivity contribution in [1.82, 2.24) is 5.32 Å². The summed E-state index contributed by atoms with van der Waals surface area (Å²) in [7, 11) is 0. The Kier molecular flexibility index (Phi) is 6.11. The maximum atomic E-state index is 11.4. The lowest BCUT2D eigenvalue weighted by molar-refractivity contribution is -0.121. The monoisotopic (exact) mass is 285 g/mol. The molecule has 0 fully saturated rings. The first-order valence-electron chi connectivity index (χ1n) is 5.34. The Morgan fingerprint density at radius 1 is 1.31 bits per heavy atom. The van der Waals surface area contributed by atoms with E-state index < -0.39 is 0 Å². The van der Waals surface area contributed by atoms with Crippen LogP contribution in [0.4, 0.5) is 0 Å². The van der Waals surface area contributed by atoms with Crippen molar-refractivity contribution < 1.29 is 9.90 Å². The van der Waals surface area contributed by atoms with E-state index >= 15 is 0 Å². The summed E-state index contributed by atoms with van der Waals surface area (Å²) < 4.78 is 1.05. The Morgan fingerprint density at radius 2 is 2.00 bits per heavy atom. The largest absolute Gasteiger partial charge is 0.396 e. The second-order valence-corrected chi connectivity index (χ2v) is 4.47. The van der Waals surface area contributed by atoms with Crippen molar-refractivity contribution in [2.24, 2.45) is 0 Å². The Labute approximate surface area is 104 Å². The van der Waals surface area contributed by atoms with Crippen molar-refractivity contribution in [3.05, 3.63) is 34.3 Å². The fourth-order valence-corrected chi connectivity index (χ4v) is 1.57. The summed E-state index contributed by atoms with van der Waals surface area (Å²) in [6, 6.07) is 7.95. The van der Waals surface area contributed by atoms with Crippen LogP contribution in [0.3, 0.4) is 0 Å². The van der Waals surface area contributed by atoms with Gasteiger partial charge in [-0.2, -0.15) is 0 Å². The van der Waals surface area contributed by atoms with Gasteiger partial charge in [0.05, 0.1) is 0 Å². The Bertz CT molecular complexity index is 324. The van der Waals surface area contributed by atoms with Crippen LogP contribution < -0.4 is 5.32 Å². The third-order valence-corrected chi connectivity index (χ3v) is 2.74. The molecule has 16 heavy (non-hydrogen) atoms. The van der Waals surface area contributed by atoms with E-state index in [1.54, 1.807) is 0 Å². The zero-order chi connectivity index (χ0) is 11.8. The number of carbonyl (C=O) groups is 1. The molecule has 1 rings (SSSR count). The van der Waals surface area contributed by atoms with Crippen LogP contribution >= 0.6 is 15.9 Å². The van der Waals surface area contributed by atoms with Crippen molar-refractivity contribution >= 4 is 21.8 Å². The maximum Gasteiger partial charge on any atom is 0.220 e. The van der Waals surface area contributed by atoms with Gasteiger partial charge in [0.25, 0.3) is 0 Å². The second-order valence-electron chi connectivity index (χ2n) is 3.55. The van der Waals surface area contributed by atoms with Crippen molar-refractivity contribution in [1.29, 1.82) is 0 Å². The van der Waals surface area contributed by atoms with E-state index in [-0.39, 0.29) is 12.5 Å². The highest BCUT2D eigenvalue weighted by atomic mass is 79.9. The van der Waals surface area contributed by atoms with Gasteiger partial charge in [-0.05, 0) is 30.5 Å². The number of hydrogen-bond acceptors (Lipinski definition) is 2. The molecule has 0 saturated heterocycles. The smallest absolute Gasteiger partial charge is 0.220 e. The summed E-state index contributed by atoms with van der Waals surface area (Å²) >= 11 is 3.36. The van der Waals surface area contributed by atoms with Crippen molar-refractivity contribution in [2.75, 3.05) is 13.2 Å². The Balaban J connectivity index is 2.23. The second kappa shape index (κ2) is 7.41. The third-order valence-electron chi connectivity index (χ3n) is 2.21. The van der Waals surface area contributed by atoms with Crippen LogP contribution in [0.1, 0.15) is 18.4 Å². The molecule has 0 aliphatic rings. The fourth-order valence-electron chi connectivity index (χ4n) is 1.30. The van der Waals surface area contributed by atoms with Gasteiger partial charge in [-0.15, -0.1) is 0 Å². The van der Waals surface area contributed by atoms with Crippen LogP contribution in [0.25, 0.3) is 0 Å². The molecule has 0 bridgehead atoms. The van der Waals surface area contributed by atoms with E-state index in [2.05, 4.69) is 21.2 Å². The molecule has 0 spiro atoms. The SMILES string of the molecule is O=C(CCc1ccc(Br)cc1)NCCCO. The quantitative estimate of drug-likeness (QED) is 0.784. The summed E-state index contributed by atoms with van der Waals surface area (Å²) in [6.07, 6.45) is 1.86. The van der Waals surface area contributed by atoms with E-state index in [1.807, 2.05) is 24.3 Å². The highest BCUT2D eigenvalue weighted by Crippen LogP contribution is 2.11. The lowest BCUT2D eigenvalue weighted by Gasteiger charge is -2.04. The lowest BCUT2D eigenvalue weighted by atomic mass is 10.1. The van der Waals surface area contributed by atoms with Crippen LogP contribution in [0, 0.1) is 0 Å². The lowest BCUT2D eigenvalue weighted by Crippen LogP contribution is -2.25. The molecule has 0 heterocycles. The summed E-state index contributed by atoms with van der Waals surface area (Å²) in [5.41, 5.74) is 1.15. The molecule has 0 aromatic heterocycles. The van der Waals surface area contributed by atoms with Crippen LogP contribution in [0.15, 0.2) is 28.7 Å². The van der Waals surface area contributed by atoms with E-state index in [0.29, 0.717) is 19.4 Å².